The summed E-state index contributed by atoms with van der Waals surface area (Å²) in [7, 11) is 0. The molecule has 6 bridgehead atoms. The fourth-order valence-electron chi connectivity index (χ4n) is 7.99. The highest BCUT2D eigenvalue weighted by Gasteiger charge is 2.58. The zero-order chi connectivity index (χ0) is 17.4. The third-order valence-electron chi connectivity index (χ3n) is 9.30. The Morgan fingerprint density at radius 1 is 0.920 bits per heavy atom. The van der Waals surface area contributed by atoms with Crippen molar-refractivity contribution in [2.45, 2.75) is 84.2 Å². The molecule has 0 aromatic carbocycles. The molecule has 6 saturated carbocycles. The number of ether oxygens (including phenoxy) is 1. The number of hydrogen-bond donors (Lipinski definition) is 0. The highest BCUT2D eigenvalue weighted by molar-refractivity contribution is 5.89. The Balaban J connectivity index is 1.32. The van der Waals surface area contributed by atoms with Crippen LogP contribution in [0.5, 0.6) is 0 Å². The molecule has 138 valence electrons. The van der Waals surface area contributed by atoms with E-state index in [0.717, 1.165) is 35.7 Å². The first kappa shape index (κ1) is 16.4. The summed E-state index contributed by atoms with van der Waals surface area (Å²) in [5.41, 5.74) is 0.932. The molecule has 0 heterocycles. The minimum atomic E-state index is -0.127. The Bertz CT molecular complexity index is 566. The second-order valence-corrected chi connectivity index (χ2v) is 10.9. The molecule has 0 saturated heterocycles. The Labute approximate surface area is 152 Å². The van der Waals surface area contributed by atoms with Gasteiger partial charge in [-0.25, -0.2) is 4.79 Å². The van der Waals surface area contributed by atoms with Gasteiger partial charge < -0.3 is 4.74 Å². The molecule has 0 radical (unpaired) electrons. The van der Waals surface area contributed by atoms with Crippen molar-refractivity contribution in [2.75, 3.05) is 0 Å². The third-order valence-corrected chi connectivity index (χ3v) is 9.30. The SMILES string of the molecule is C=C(C(=O)OC1CC2CCC1C2)C(C)(C)C12CC3CC(CC(C3)C1)C2. The second-order valence-electron chi connectivity index (χ2n) is 10.9. The van der Waals surface area contributed by atoms with E-state index in [-0.39, 0.29) is 17.5 Å². The maximum atomic E-state index is 13.0. The lowest BCUT2D eigenvalue weighted by Crippen LogP contribution is -2.54. The molecule has 0 aliphatic heterocycles. The topological polar surface area (TPSA) is 26.3 Å². The molecule has 6 fully saturated rings. The van der Waals surface area contributed by atoms with Gasteiger partial charge in [-0.1, -0.05) is 20.4 Å². The highest BCUT2D eigenvalue weighted by Crippen LogP contribution is 2.67. The highest BCUT2D eigenvalue weighted by atomic mass is 16.5. The van der Waals surface area contributed by atoms with Crippen LogP contribution < -0.4 is 0 Å². The number of carbonyl (C=O) groups is 1. The summed E-state index contributed by atoms with van der Waals surface area (Å²) in [6, 6.07) is 0. The predicted octanol–water partition coefficient (Wildman–Crippen LogP) is 5.52. The lowest BCUT2D eigenvalue weighted by Gasteiger charge is -2.62. The van der Waals surface area contributed by atoms with Gasteiger partial charge in [0.25, 0.3) is 0 Å². The van der Waals surface area contributed by atoms with Crippen molar-refractivity contribution in [1.82, 2.24) is 0 Å². The van der Waals surface area contributed by atoms with E-state index in [1.54, 1.807) is 0 Å². The van der Waals surface area contributed by atoms with Gasteiger partial charge >= 0.3 is 5.97 Å². The second kappa shape index (κ2) is 5.36. The fourth-order valence-corrected chi connectivity index (χ4v) is 7.99. The Hall–Kier alpha value is -0.790. The zero-order valence-electron chi connectivity index (χ0n) is 16.1. The summed E-state index contributed by atoms with van der Waals surface area (Å²) in [4.78, 5) is 13.0. The Morgan fingerprint density at radius 2 is 1.52 bits per heavy atom. The van der Waals surface area contributed by atoms with Crippen molar-refractivity contribution in [3.05, 3.63) is 12.2 Å². The molecule has 2 heteroatoms. The van der Waals surface area contributed by atoms with Gasteiger partial charge in [-0.2, -0.15) is 0 Å². The molecular formula is C23H34O2. The standard InChI is InChI=1S/C23H34O2/c1-14(21(24)25-20-10-15-4-5-19(20)9-15)22(2,3)23-11-16-6-17(12-23)8-18(7-16)13-23/h15-20H,1,4-13H2,2-3H3. The van der Waals surface area contributed by atoms with Gasteiger partial charge in [0, 0.05) is 11.0 Å². The van der Waals surface area contributed by atoms with Crippen LogP contribution >= 0.6 is 0 Å². The smallest absolute Gasteiger partial charge is 0.334 e. The summed E-state index contributed by atoms with van der Waals surface area (Å²) in [5, 5.41) is 0. The molecule has 0 N–H and O–H groups in total. The molecule has 2 nitrogen and oxygen atoms in total. The third kappa shape index (κ3) is 2.38. The van der Waals surface area contributed by atoms with E-state index in [4.69, 9.17) is 4.74 Å². The van der Waals surface area contributed by atoms with Crippen LogP contribution in [0.4, 0.5) is 0 Å². The Kier molecular flexibility index (Phi) is 3.51. The molecule has 0 spiro atoms. The Morgan fingerprint density at radius 3 is 2.00 bits per heavy atom. The molecule has 6 rings (SSSR count). The molecule has 0 amide bonds. The minimum absolute atomic E-state index is 0.0849. The first-order chi connectivity index (χ1) is 11.9. The fraction of sp³-hybridized carbons (Fsp3) is 0.870. The van der Waals surface area contributed by atoms with Crippen molar-refractivity contribution in [1.29, 1.82) is 0 Å². The minimum Gasteiger partial charge on any atom is -0.459 e. The van der Waals surface area contributed by atoms with Gasteiger partial charge in [-0.3, -0.25) is 0 Å². The van der Waals surface area contributed by atoms with Crippen LogP contribution in [0.1, 0.15) is 78.1 Å². The maximum absolute atomic E-state index is 13.0. The van der Waals surface area contributed by atoms with E-state index >= 15 is 0 Å². The zero-order valence-corrected chi connectivity index (χ0v) is 16.1. The van der Waals surface area contributed by atoms with Crippen molar-refractivity contribution < 1.29 is 9.53 Å². The number of carbonyl (C=O) groups excluding carboxylic acids is 1. The van der Waals surface area contributed by atoms with Crippen LogP contribution in [0.15, 0.2) is 12.2 Å². The van der Waals surface area contributed by atoms with Crippen LogP contribution in [-0.2, 0) is 9.53 Å². The molecule has 0 aromatic rings. The van der Waals surface area contributed by atoms with Gasteiger partial charge in [0.2, 0.25) is 0 Å². The van der Waals surface area contributed by atoms with E-state index in [0.29, 0.717) is 11.3 Å². The van der Waals surface area contributed by atoms with Gasteiger partial charge in [-0.05, 0) is 99.2 Å². The number of hydrogen-bond acceptors (Lipinski definition) is 2. The molecule has 6 aliphatic carbocycles. The van der Waals surface area contributed by atoms with Crippen molar-refractivity contribution in [3.8, 4) is 0 Å². The molecule has 0 aromatic heterocycles. The lowest BCUT2D eigenvalue weighted by atomic mass is 9.42. The van der Waals surface area contributed by atoms with Crippen LogP contribution in [0.25, 0.3) is 0 Å². The van der Waals surface area contributed by atoms with Crippen molar-refractivity contribution >= 4 is 5.97 Å². The molecule has 25 heavy (non-hydrogen) atoms. The predicted molar refractivity (Wildman–Crippen MR) is 98.9 cm³/mol. The number of rotatable bonds is 4. The lowest BCUT2D eigenvalue weighted by molar-refractivity contribution is -0.153. The monoisotopic (exact) mass is 342 g/mol. The first-order valence-electron chi connectivity index (χ1n) is 10.8. The normalized spacial score (nSPS) is 47.3. The maximum Gasteiger partial charge on any atom is 0.334 e. The van der Waals surface area contributed by atoms with E-state index in [9.17, 15) is 4.79 Å². The summed E-state index contributed by atoms with van der Waals surface area (Å²) in [6.45, 7) is 8.91. The molecule has 3 atom stereocenters. The van der Waals surface area contributed by atoms with Crippen molar-refractivity contribution in [3.63, 3.8) is 0 Å². The average Bonchev–Trinajstić information content (AvgIpc) is 3.15. The number of esters is 1. The van der Waals surface area contributed by atoms with E-state index in [1.807, 2.05) is 0 Å². The summed E-state index contributed by atoms with van der Waals surface area (Å²) >= 11 is 0. The summed E-state index contributed by atoms with van der Waals surface area (Å²) in [6.07, 6.45) is 13.4. The molecule has 6 aliphatic rings. The molecule has 3 unspecified atom stereocenters. The van der Waals surface area contributed by atoms with Crippen LogP contribution in [0.3, 0.4) is 0 Å². The largest absolute Gasteiger partial charge is 0.459 e. The van der Waals surface area contributed by atoms with E-state index < -0.39 is 0 Å². The first-order valence-corrected chi connectivity index (χ1v) is 10.8. The number of fused-ring (bicyclic) bond motifs is 2. The quantitative estimate of drug-likeness (QED) is 0.497. The van der Waals surface area contributed by atoms with Gasteiger partial charge in [-0.15, -0.1) is 0 Å². The van der Waals surface area contributed by atoms with Crippen LogP contribution in [-0.4, -0.2) is 12.1 Å². The van der Waals surface area contributed by atoms with Crippen LogP contribution in [0, 0.1) is 40.4 Å². The van der Waals surface area contributed by atoms with Crippen molar-refractivity contribution in [2.24, 2.45) is 40.4 Å². The molecular weight excluding hydrogens is 308 g/mol. The van der Waals surface area contributed by atoms with E-state index in [2.05, 4.69) is 20.4 Å². The van der Waals surface area contributed by atoms with Gasteiger partial charge in [0.15, 0.2) is 0 Å². The van der Waals surface area contributed by atoms with E-state index in [1.165, 1.54) is 57.8 Å². The summed E-state index contributed by atoms with van der Waals surface area (Å²) in [5.74, 6) is 4.06. The van der Waals surface area contributed by atoms with Gasteiger partial charge in [0.1, 0.15) is 6.10 Å². The average molecular weight is 343 g/mol. The summed E-state index contributed by atoms with van der Waals surface area (Å²) < 4.78 is 6.02. The van der Waals surface area contributed by atoms with Gasteiger partial charge in [0.05, 0.1) is 0 Å². The van der Waals surface area contributed by atoms with Crippen LogP contribution in [0.2, 0.25) is 0 Å².